The highest BCUT2D eigenvalue weighted by atomic mass is 32.1. The lowest BCUT2D eigenvalue weighted by Gasteiger charge is -2.07. The van der Waals surface area contributed by atoms with Crippen LogP contribution in [-0.2, 0) is 11.3 Å². The summed E-state index contributed by atoms with van der Waals surface area (Å²) >= 11 is 5.26. The summed E-state index contributed by atoms with van der Waals surface area (Å²) in [5.41, 5.74) is 0.910. The van der Waals surface area contributed by atoms with Crippen LogP contribution in [0.5, 0.6) is 0 Å². The maximum Gasteiger partial charge on any atom is 0.220 e. The Kier molecular flexibility index (Phi) is 4.10. The van der Waals surface area contributed by atoms with Crippen molar-refractivity contribution in [2.24, 2.45) is 0 Å². The van der Waals surface area contributed by atoms with Gasteiger partial charge in [0.2, 0.25) is 5.91 Å². The molecule has 0 radical (unpaired) electrons. The van der Waals surface area contributed by atoms with Crippen molar-refractivity contribution in [2.75, 3.05) is 0 Å². The number of hydrogen-bond donors (Lipinski definition) is 2. The van der Waals surface area contributed by atoms with Gasteiger partial charge in [0.05, 0.1) is 0 Å². The number of amides is 1. The van der Waals surface area contributed by atoms with Crippen LogP contribution in [0.4, 0.5) is 0 Å². The summed E-state index contributed by atoms with van der Waals surface area (Å²) in [6.07, 6.45) is 6.95. The molecule has 0 bridgehead atoms. The Morgan fingerprint density at radius 2 is 2.38 bits per heavy atom. The van der Waals surface area contributed by atoms with E-state index in [1.54, 1.807) is 12.4 Å². The topological polar surface area (TPSA) is 75.6 Å². The number of rotatable bonds is 6. The van der Waals surface area contributed by atoms with Crippen LogP contribution >= 0.6 is 12.2 Å². The molecular formula is C14H17N5OS. The number of aromatic amines is 1. The van der Waals surface area contributed by atoms with Crippen LogP contribution in [0.25, 0.3) is 11.4 Å². The first-order chi connectivity index (χ1) is 10.2. The zero-order valence-corrected chi connectivity index (χ0v) is 12.4. The molecule has 0 unspecified atom stereocenters. The van der Waals surface area contributed by atoms with Gasteiger partial charge < -0.3 is 9.88 Å². The smallest absolute Gasteiger partial charge is 0.220 e. The molecule has 6 nitrogen and oxygen atoms in total. The largest absolute Gasteiger partial charge is 0.353 e. The minimum atomic E-state index is 0.121. The minimum Gasteiger partial charge on any atom is -0.353 e. The molecule has 1 amide bonds. The van der Waals surface area contributed by atoms with Gasteiger partial charge in [-0.25, -0.2) is 0 Å². The number of pyridine rings is 1. The van der Waals surface area contributed by atoms with Gasteiger partial charge in [-0.15, -0.1) is 0 Å². The van der Waals surface area contributed by atoms with Crippen LogP contribution in [0.3, 0.4) is 0 Å². The van der Waals surface area contributed by atoms with Crippen molar-refractivity contribution in [3.8, 4) is 11.4 Å². The quantitative estimate of drug-likeness (QED) is 0.801. The Morgan fingerprint density at radius 1 is 1.52 bits per heavy atom. The molecule has 0 aliphatic heterocycles. The van der Waals surface area contributed by atoms with E-state index in [2.05, 4.69) is 20.5 Å². The number of aromatic nitrogens is 4. The van der Waals surface area contributed by atoms with Crippen molar-refractivity contribution in [1.82, 2.24) is 25.1 Å². The van der Waals surface area contributed by atoms with E-state index >= 15 is 0 Å². The third kappa shape index (κ3) is 3.55. The molecule has 1 aliphatic carbocycles. The molecule has 0 aromatic carbocycles. The van der Waals surface area contributed by atoms with Crippen molar-refractivity contribution in [3.05, 3.63) is 29.3 Å². The first-order valence-corrected chi connectivity index (χ1v) is 7.50. The summed E-state index contributed by atoms with van der Waals surface area (Å²) < 4.78 is 2.48. The van der Waals surface area contributed by atoms with Crippen LogP contribution < -0.4 is 5.32 Å². The molecule has 110 valence electrons. The molecule has 7 heteroatoms. The molecule has 2 aromatic rings. The van der Waals surface area contributed by atoms with Crippen LogP contribution in [0.15, 0.2) is 24.5 Å². The van der Waals surface area contributed by atoms with Gasteiger partial charge in [-0.1, -0.05) is 0 Å². The van der Waals surface area contributed by atoms with E-state index in [1.807, 2.05) is 16.7 Å². The maximum atomic E-state index is 11.7. The number of carbonyl (C=O) groups excluding carboxylic acids is 1. The first-order valence-electron chi connectivity index (χ1n) is 7.09. The lowest BCUT2D eigenvalue weighted by Crippen LogP contribution is -2.25. The highest BCUT2D eigenvalue weighted by Gasteiger charge is 2.22. The number of nitrogens with one attached hydrogen (secondary N) is 2. The monoisotopic (exact) mass is 303 g/mol. The van der Waals surface area contributed by atoms with Gasteiger partial charge in [0.1, 0.15) is 0 Å². The van der Waals surface area contributed by atoms with E-state index in [4.69, 9.17) is 12.2 Å². The molecule has 1 saturated carbocycles. The van der Waals surface area contributed by atoms with E-state index in [0.717, 1.165) is 30.7 Å². The molecule has 0 saturated heterocycles. The SMILES string of the molecule is O=C(CCCn1c(-c2cccnc2)n[nH]c1=S)NC1CC1. The highest BCUT2D eigenvalue weighted by Crippen LogP contribution is 2.19. The van der Waals surface area contributed by atoms with E-state index in [1.165, 1.54) is 0 Å². The number of nitrogens with zero attached hydrogens (tertiary/aromatic N) is 3. The molecule has 2 heterocycles. The third-order valence-corrected chi connectivity index (χ3v) is 3.72. The molecule has 3 rings (SSSR count). The number of carbonyl (C=O) groups is 1. The summed E-state index contributed by atoms with van der Waals surface area (Å²) in [5, 5.41) is 10.0. The zero-order valence-electron chi connectivity index (χ0n) is 11.6. The summed E-state index contributed by atoms with van der Waals surface area (Å²) in [7, 11) is 0. The van der Waals surface area contributed by atoms with Crippen molar-refractivity contribution in [2.45, 2.75) is 38.3 Å². The van der Waals surface area contributed by atoms with Gasteiger partial charge in [0.15, 0.2) is 10.6 Å². The van der Waals surface area contributed by atoms with Gasteiger partial charge in [0.25, 0.3) is 0 Å². The Bertz CT molecular complexity index is 674. The van der Waals surface area contributed by atoms with E-state index in [0.29, 0.717) is 23.8 Å². The predicted molar refractivity (Wildman–Crippen MR) is 81.0 cm³/mol. The lowest BCUT2D eigenvalue weighted by molar-refractivity contribution is -0.121. The fourth-order valence-corrected chi connectivity index (χ4v) is 2.39. The standard InChI is InChI=1S/C14H17N5OS/c20-12(16-11-5-6-11)4-2-8-19-13(17-18-14(19)21)10-3-1-7-15-9-10/h1,3,7,9,11H,2,4-6,8H2,(H,16,20)(H,18,21). The molecule has 0 spiro atoms. The van der Waals surface area contributed by atoms with Gasteiger partial charge in [0, 0.05) is 37.0 Å². The molecule has 21 heavy (non-hydrogen) atoms. The Labute approximate surface area is 127 Å². The second-order valence-electron chi connectivity index (χ2n) is 5.19. The second kappa shape index (κ2) is 6.17. The first kappa shape index (κ1) is 13.9. The third-order valence-electron chi connectivity index (χ3n) is 3.41. The van der Waals surface area contributed by atoms with E-state index < -0.39 is 0 Å². The average Bonchev–Trinajstić information content (AvgIpc) is 3.23. The molecule has 2 N–H and O–H groups in total. The van der Waals surface area contributed by atoms with Crippen LogP contribution in [0, 0.1) is 4.77 Å². The highest BCUT2D eigenvalue weighted by molar-refractivity contribution is 7.71. The molecule has 1 fully saturated rings. The van der Waals surface area contributed by atoms with Crippen molar-refractivity contribution in [1.29, 1.82) is 0 Å². The van der Waals surface area contributed by atoms with Gasteiger partial charge >= 0.3 is 0 Å². The van der Waals surface area contributed by atoms with E-state index in [-0.39, 0.29) is 5.91 Å². The van der Waals surface area contributed by atoms with E-state index in [9.17, 15) is 4.79 Å². The maximum absolute atomic E-state index is 11.7. The van der Waals surface area contributed by atoms with Crippen molar-refractivity contribution < 1.29 is 4.79 Å². The zero-order chi connectivity index (χ0) is 14.7. The summed E-state index contributed by atoms with van der Waals surface area (Å²) in [4.78, 5) is 15.8. The van der Waals surface area contributed by atoms with Gasteiger partial charge in [-0.3, -0.25) is 14.9 Å². The summed E-state index contributed by atoms with van der Waals surface area (Å²) in [6, 6.07) is 4.22. The normalized spacial score (nSPS) is 14.1. The Morgan fingerprint density at radius 3 is 3.10 bits per heavy atom. The predicted octanol–water partition coefficient (Wildman–Crippen LogP) is 2.06. The van der Waals surface area contributed by atoms with Crippen molar-refractivity contribution >= 4 is 18.1 Å². The molecular weight excluding hydrogens is 286 g/mol. The second-order valence-corrected chi connectivity index (χ2v) is 5.58. The molecule has 0 atom stereocenters. The van der Waals surface area contributed by atoms with Crippen LogP contribution in [0.1, 0.15) is 25.7 Å². The van der Waals surface area contributed by atoms with Crippen molar-refractivity contribution in [3.63, 3.8) is 0 Å². The summed E-state index contributed by atoms with van der Waals surface area (Å²) in [6.45, 7) is 0.664. The van der Waals surface area contributed by atoms with Crippen LogP contribution in [-0.4, -0.2) is 31.7 Å². The Hall–Kier alpha value is -2.02. The molecule has 2 aromatic heterocycles. The molecule has 1 aliphatic rings. The fraction of sp³-hybridized carbons (Fsp3) is 0.429. The van der Waals surface area contributed by atoms with Gasteiger partial charge in [-0.2, -0.15) is 5.10 Å². The summed E-state index contributed by atoms with van der Waals surface area (Å²) in [5.74, 6) is 0.881. The lowest BCUT2D eigenvalue weighted by atomic mass is 10.2. The average molecular weight is 303 g/mol. The Balaban J connectivity index is 1.63. The van der Waals surface area contributed by atoms with Crippen LogP contribution in [0.2, 0.25) is 0 Å². The fourth-order valence-electron chi connectivity index (χ4n) is 2.17. The minimum absolute atomic E-state index is 0.121. The number of H-pyrrole nitrogens is 1. The van der Waals surface area contributed by atoms with Gasteiger partial charge in [-0.05, 0) is 43.6 Å². The number of hydrogen-bond acceptors (Lipinski definition) is 4.